The molecular formula is C34H36BrFN2O4. The molecule has 2 unspecified atom stereocenters. The van der Waals surface area contributed by atoms with E-state index in [2.05, 4.69) is 54.2 Å². The van der Waals surface area contributed by atoms with Crippen molar-refractivity contribution >= 4 is 33.6 Å². The lowest BCUT2D eigenvalue weighted by atomic mass is 9.58. The van der Waals surface area contributed by atoms with Crippen LogP contribution in [-0.4, -0.2) is 40.3 Å². The van der Waals surface area contributed by atoms with Crippen molar-refractivity contribution in [2.24, 2.45) is 17.8 Å². The van der Waals surface area contributed by atoms with Gasteiger partial charge in [-0.1, -0.05) is 63.6 Å². The number of carbonyl (C=O) groups is 3. The van der Waals surface area contributed by atoms with Gasteiger partial charge >= 0.3 is 6.09 Å². The summed E-state index contributed by atoms with van der Waals surface area (Å²) >= 11 is 3.29. The zero-order chi connectivity index (χ0) is 29.9. The molecule has 220 valence electrons. The Balaban J connectivity index is 1.54. The number of carbonyl (C=O) groups excluding carboxylic acids is 2. The van der Waals surface area contributed by atoms with Crippen LogP contribution in [0, 0.1) is 23.6 Å². The first-order valence-corrected chi connectivity index (χ1v) is 15.6. The van der Waals surface area contributed by atoms with Gasteiger partial charge in [-0.3, -0.25) is 14.5 Å². The lowest BCUT2D eigenvalue weighted by Crippen LogP contribution is -2.59. The summed E-state index contributed by atoms with van der Waals surface area (Å²) < 4.78 is 14.6. The molecule has 2 aromatic carbocycles. The first kappa shape index (κ1) is 28.8. The average Bonchev–Trinajstić information content (AvgIpc) is 3.33. The van der Waals surface area contributed by atoms with Crippen LogP contribution in [0.2, 0.25) is 0 Å². The van der Waals surface area contributed by atoms with Gasteiger partial charge in [0, 0.05) is 34.9 Å². The first-order valence-electron chi connectivity index (χ1n) is 14.8. The van der Waals surface area contributed by atoms with E-state index in [1.165, 1.54) is 16.5 Å². The van der Waals surface area contributed by atoms with E-state index >= 15 is 0 Å². The van der Waals surface area contributed by atoms with Gasteiger partial charge < -0.3 is 10.4 Å². The molecule has 2 aliphatic carbocycles. The molecule has 2 heterocycles. The highest BCUT2D eigenvalue weighted by molar-refractivity contribution is 9.10. The fourth-order valence-electron chi connectivity index (χ4n) is 8.12. The Morgan fingerprint density at radius 3 is 2.48 bits per heavy atom. The number of hydrogen-bond donors (Lipinski definition) is 2. The van der Waals surface area contributed by atoms with Crippen LogP contribution in [0.25, 0.3) is 0 Å². The van der Waals surface area contributed by atoms with Crippen LogP contribution in [0.3, 0.4) is 0 Å². The molecule has 42 heavy (non-hydrogen) atoms. The monoisotopic (exact) mass is 634 g/mol. The molecule has 6 rings (SSSR count). The maximum atomic E-state index is 14.3. The van der Waals surface area contributed by atoms with Crippen molar-refractivity contribution < 1.29 is 23.9 Å². The minimum absolute atomic E-state index is 0.0334. The molecule has 2 aromatic rings. The van der Waals surface area contributed by atoms with Crippen LogP contribution in [0.5, 0.6) is 0 Å². The average molecular weight is 636 g/mol. The number of nitrogens with zero attached hydrogens (tertiary/aromatic N) is 1. The van der Waals surface area contributed by atoms with Gasteiger partial charge in [0.25, 0.3) is 0 Å². The highest BCUT2D eigenvalue weighted by Crippen LogP contribution is 2.52. The molecule has 0 saturated heterocycles. The van der Waals surface area contributed by atoms with Gasteiger partial charge in [-0.05, 0) is 81.6 Å². The van der Waals surface area contributed by atoms with E-state index in [9.17, 15) is 23.9 Å². The second kappa shape index (κ2) is 10.8. The predicted octanol–water partition coefficient (Wildman–Crippen LogP) is 7.11. The maximum Gasteiger partial charge on any atom is 0.408 e. The van der Waals surface area contributed by atoms with Crippen molar-refractivity contribution in [2.45, 2.75) is 70.3 Å². The molecule has 1 saturated carbocycles. The number of halogens is 2. The summed E-state index contributed by atoms with van der Waals surface area (Å²) in [5, 5.41) is 14.0. The third kappa shape index (κ3) is 4.72. The van der Waals surface area contributed by atoms with Crippen molar-refractivity contribution in [1.82, 2.24) is 10.2 Å². The van der Waals surface area contributed by atoms with Gasteiger partial charge in [-0.25, -0.2) is 9.18 Å². The minimum atomic E-state index is -1.13. The Hall–Kier alpha value is -3.26. The van der Waals surface area contributed by atoms with Gasteiger partial charge in [-0.2, -0.15) is 0 Å². The highest BCUT2D eigenvalue weighted by Gasteiger charge is 2.53. The summed E-state index contributed by atoms with van der Waals surface area (Å²) in [6.07, 6.45) is 2.50. The molecule has 2 N–H and O–H groups in total. The minimum Gasteiger partial charge on any atom is -0.465 e. The van der Waals surface area contributed by atoms with Crippen LogP contribution in [0.15, 0.2) is 75.5 Å². The third-order valence-corrected chi connectivity index (χ3v) is 10.8. The van der Waals surface area contributed by atoms with Crippen LogP contribution in [0.1, 0.15) is 69.9 Å². The summed E-state index contributed by atoms with van der Waals surface area (Å²) in [5.74, 6) is -0.984. The van der Waals surface area contributed by atoms with Crippen LogP contribution in [0.4, 0.5) is 9.18 Å². The number of dihydropyridines is 1. The SMILES string of the molecule is CC1CC[C@H](C(C)(C)c2ccccc2)C([C@@H]2C3=C(C(=O)CN2C(=O)O)[C@H](c2ccc(F)c(Br)c2)C2=C(CCC2=O)N3)C1. The van der Waals surface area contributed by atoms with Gasteiger partial charge in [0.1, 0.15) is 5.82 Å². The molecule has 0 aromatic heterocycles. The summed E-state index contributed by atoms with van der Waals surface area (Å²) in [6, 6.07) is 14.4. The number of Topliss-reactive ketones (excluding diaryl/α,β-unsaturated/α-hetero) is 2. The Morgan fingerprint density at radius 2 is 1.79 bits per heavy atom. The van der Waals surface area contributed by atoms with E-state index in [-0.39, 0.29) is 39.8 Å². The van der Waals surface area contributed by atoms with Crippen LogP contribution >= 0.6 is 15.9 Å². The zero-order valence-corrected chi connectivity index (χ0v) is 25.7. The topological polar surface area (TPSA) is 86.7 Å². The summed E-state index contributed by atoms with van der Waals surface area (Å²) in [6.45, 7) is 6.43. The van der Waals surface area contributed by atoms with Crippen LogP contribution < -0.4 is 5.32 Å². The zero-order valence-electron chi connectivity index (χ0n) is 24.1. The number of rotatable bonds is 4. The molecule has 5 atom stereocenters. The summed E-state index contributed by atoms with van der Waals surface area (Å²) in [4.78, 5) is 41.4. The number of hydrogen-bond acceptors (Lipinski definition) is 4. The van der Waals surface area contributed by atoms with E-state index in [0.29, 0.717) is 41.2 Å². The number of carboxylic acid groups (broad SMARTS) is 1. The fraction of sp³-hybridized carbons (Fsp3) is 0.441. The molecule has 1 fully saturated rings. The molecule has 0 spiro atoms. The fourth-order valence-corrected chi connectivity index (χ4v) is 8.51. The van der Waals surface area contributed by atoms with Gasteiger partial charge in [0.2, 0.25) is 0 Å². The number of amides is 1. The second-order valence-electron chi connectivity index (χ2n) is 12.9. The number of nitrogens with one attached hydrogen (secondary N) is 1. The Morgan fingerprint density at radius 1 is 1.05 bits per heavy atom. The molecule has 6 nitrogen and oxygen atoms in total. The van der Waals surface area contributed by atoms with E-state index < -0.39 is 23.9 Å². The van der Waals surface area contributed by atoms with Gasteiger partial charge in [0.05, 0.1) is 17.1 Å². The largest absolute Gasteiger partial charge is 0.465 e. The summed E-state index contributed by atoms with van der Waals surface area (Å²) in [7, 11) is 0. The molecule has 8 heteroatoms. The van der Waals surface area contributed by atoms with E-state index in [0.717, 1.165) is 25.0 Å². The Kier molecular flexibility index (Phi) is 7.40. The van der Waals surface area contributed by atoms with Crippen molar-refractivity contribution in [3.05, 3.63) is 92.5 Å². The molecule has 1 amide bonds. The summed E-state index contributed by atoms with van der Waals surface area (Å²) in [5.41, 5.74) is 3.93. The molecule has 0 radical (unpaired) electrons. The number of allylic oxidation sites excluding steroid dienone is 2. The number of ketones is 2. The Labute approximate surface area is 254 Å². The molecule has 4 aliphatic rings. The van der Waals surface area contributed by atoms with Crippen LogP contribution in [-0.2, 0) is 15.0 Å². The molecule has 0 bridgehead atoms. The van der Waals surface area contributed by atoms with Gasteiger partial charge in [-0.15, -0.1) is 0 Å². The Bertz CT molecular complexity index is 1530. The van der Waals surface area contributed by atoms with Crippen molar-refractivity contribution in [1.29, 1.82) is 0 Å². The smallest absolute Gasteiger partial charge is 0.408 e. The normalized spacial score (nSPS) is 28.0. The quantitative estimate of drug-likeness (QED) is 0.374. The number of benzene rings is 2. The first-order chi connectivity index (χ1) is 20.0. The lowest BCUT2D eigenvalue weighted by molar-refractivity contribution is -0.118. The molecular weight excluding hydrogens is 599 g/mol. The highest BCUT2D eigenvalue weighted by atomic mass is 79.9. The second-order valence-corrected chi connectivity index (χ2v) is 13.8. The van der Waals surface area contributed by atoms with Crippen molar-refractivity contribution in [2.75, 3.05) is 6.54 Å². The van der Waals surface area contributed by atoms with E-state index in [1.54, 1.807) is 12.1 Å². The van der Waals surface area contributed by atoms with E-state index in [4.69, 9.17) is 0 Å². The maximum absolute atomic E-state index is 14.3. The van der Waals surface area contributed by atoms with Crippen molar-refractivity contribution in [3.63, 3.8) is 0 Å². The predicted molar refractivity (Wildman–Crippen MR) is 161 cm³/mol. The standard InChI is InChI=1S/C34H36BrFN2O4/c1-18-9-11-22(34(2,3)20-7-5-4-6-8-20)21(15-18)32-31-30(27(40)17-38(32)33(41)42)28(19-10-12-24(36)23(35)16-19)29-25(37-31)13-14-26(29)39/h4-8,10,12,16,18,21-22,28,32,37H,9,11,13-15,17H2,1-3H3,(H,41,42)/t18?,21?,22-,28+,32+/m0/s1. The van der Waals surface area contributed by atoms with E-state index in [1.807, 2.05) is 18.2 Å². The van der Waals surface area contributed by atoms with Gasteiger partial charge in [0.15, 0.2) is 11.6 Å². The lowest BCUT2D eigenvalue weighted by Gasteiger charge is -2.52. The molecule has 2 aliphatic heterocycles. The van der Waals surface area contributed by atoms with Crippen molar-refractivity contribution in [3.8, 4) is 0 Å². The third-order valence-electron chi connectivity index (χ3n) is 10.2.